The van der Waals surface area contributed by atoms with Crippen molar-refractivity contribution in [3.05, 3.63) is 6.92 Å². The molecule has 0 spiro atoms. The molecule has 1 atom stereocenters. The van der Waals surface area contributed by atoms with Crippen LogP contribution >= 0.6 is 0 Å². The third-order valence-electron chi connectivity index (χ3n) is 2.75. The van der Waals surface area contributed by atoms with Crippen molar-refractivity contribution in [2.45, 2.75) is 70.9 Å². The van der Waals surface area contributed by atoms with Crippen LogP contribution in [0, 0.1) is 6.92 Å². The maximum absolute atomic E-state index is 5.70. The molecule has 91 valence electrons. The van der Waals surface area contributed by atoms with Gasteiger partial charge < -0.3 is 11.1 Å². The monoisotopic (exact) mass is 213 g/mol. The van der Waals surface area contributed by atoms with Crippen molar-refractivity contribution in [3.63, 3.8) is 0 Å². The smallest absolute Gasteiger partial charge is 0.0546 e. The predicted molar refractivity (Wildman–Crippen MR) is 68.6 cm³/mol. The van der Waals surface area contributed by atoms with Crippen molar-refractivity contribution in [2.75, 3.05) is 6.54 Å². The fourth-order valence-corrected chi connectivity index (χ4v) is 1.65. The van der Waals surface area contributed by atoms with Crippen molar-refractivity contribution < 1.29 is 0 Å². The highest BCUT2D eigenvalue weighted by molar-refractivity contribution is 4.59. The first-order chi connectivity index (χ1) is 7.31. The van der Waals surface area contributed by atoms with E-state index in [-0.39, 0.29) is 6.17 Å². The minimum atomic E-state index is 0.0922. The highest BCUT2D eigenvalue weighted by atomic mass is 15.0. The second-order valence-electron chi connectivity index (χ2n) is 4.32. The fraction of sp³-hybridized carbons (Fsp3) is 0.923. The van der Waals surface area contributed by atoms with E-state index >= 15 is 0 Å². The van der Waals surface area contributed by atoms with Crippen LogP contribution in [0.25, 0.3) is 0 Å². The topological polar surface area (TPSA) is 38.0 Å². The molecule has 1 radical (unpaired) electrons. The molecule has 3 N–H and O–H groups in total. The maximum atomic E-state index is 5.70. The lowest BCUT2D eigenvalue weighted by Crippen LogP contribution is -2.37. The van der Waals surface area contributed by atoms with Crippen molar-refractivity contribution in [1.29, 1.82) is 0 Å². The van der Waals surface area contributed by atoms with Gasteiger partial charge in [-0.05, 0) is 19.4 Å². The summed E-state index contributed by atoms with van der Waals surface area (Å²) in [4.78, 5) is 0. The van der Waals surface area contributed by atoms with Crippen molar-refractivity contribution in [2.24, 2.45) is 5.73 Å². The van der Waals surface area contributed by atoms with Gasteiger partial charge in [0, 0.05) is 0 Å². The van der Waals surface area contributed by atoms with Gasteiger partial charge in [0.05, 0.1) is 6.17 Å². The molecule has 0 aliphatic carbocycles. The van der Waals surface area contributed by atoms with E-state index < -0.39 is 0 Å². The van der Waals surface area contributed by atoms with Gasteiger partial charge in [0.1, 0.15) is 0 Å². The lowest BCUT2D eigenvalue weighted by atomic mass is 10.1. The van der Waals surface area contributed by atoms with Crippen molar-refractivity contribution >= 4 is 0 Å². The molecule has 0 heterocycles. The van der Waals surface area contributed by atoms with Crippen LogP contribution in [-0.4, -0.2) is 12.7 Å². The van der Waals surface area contributed by atoms with Gasteiger partial charge in [-0.15, -0.1) is 0 Å². The normalized spacial score (nSPS) is 13.0. The lowest BCUT2D eigenvalue weighted by Gasteiger charge is -2.10. The number of hydrogen-bond donors (Lipinski definition) is 2. The molecule has 0 amide bonds. The molecule has 0 aromatic heterocycles. The first-order valence-electron chi connectivity index (χ1n) is 6.59. The largest absolute Gasteiger partial charge is 0.316 e. The molecule has 0 saturated heterocycles. The summed E-state index contributed by atoms with van der Waals surface area (Å²) in [6, 6.07) is 0. The lowest BCUT2D eigenvalue weighted by molar-refractivity contribution is 0.499. The van der Waals surface area contributed by atoms with Crippen LogP contribution in [0.4, 0.5) is 0 Å². The molecule has 0 saturated carbocycles. The molecular weight excluding hydrogens is 184 g/mol. The van der Waals surface area contributed by atoms with E-state index in [9.17, 15) is 0 Å². The van der Waals surface area contributed by atoms with E-state index in [4.69, 9.17) is 5.73 Å². The highest BCUT2D eigenvalue weighted by Gasteiger charge is 1.96. The summed E-state index contributed by atoms with van der Waals surface area (Å²) >= 11 is 0. The Hall–Kier alpha value is -0.0800. The Bertz CT molecular complexity index is 115. The number of nitrogens with one attached hydrogen (secondary N) is 1. The summed E-state index contributed by atoms with van der Waals surface area (Å²) in [5.74, 6) is 0. The summed E-state index contributed by atoms with van der Waals surface area (Å²) in [5, 5.41) is 3.26. The standard InChI is InChI=1S/C13H29N2/c1-3-5-6-7-8-9-10-11-12-15-13(14)4-2/h13,15H,2-12,14H2,1H3. The van der Waals surface area contributed by atoms with Crippen molar-refractivity contribution in [3.8, 4) is 0 Å². The van der Waals surface area contributed by atoms with Crippen LogP contribution in [0.2, 0.25) is 0 Å². The molecule has 2 nitrogen and oxygen atoms in total. The van der Waals surface area contributed by atoms with Crippen LogP contribution in [0.15, 0.2) is 0 Å². The van der Waals surface area contributed by atoms with Crippen LogP contribution in [0.1, 0.15) is 64.7 Å². The van der Waals surface area contributed by atoms with Gasteiger partial charge in [0.25, 0.3) is 0 Å². The van der Waals surface area contributed by atoms with Crippen LogP contribution in [0.3, 0.4) is 0 Å². The molecule has 0 aromatic rings. The van der Waals surface area contributed by atoms with E-state index in [1.807, 2.05) is 0 Å². The van der Waals surface area contributed by atoms with Gasteiger partial charge >= 0.3 is 0 Å². The molecule has 0 fully saturated rings. The van der Waals surface area contributed by atoms with E-state index in [1.54, 1.807) is 0 Å². The highest BCUT2D eigenvalue weighted by Crippen LogP contribution is 2.07. The molecule has 0 rings (SSSR count). The minimum absolute atomic E-state index is 0.0922. The van der Waals surface area contributed by atoms with Crippen LogP contribution in [-0.2, 0) is 0 Å². The van der Waals surface area contributed by atoms with Crippen LogP contribution in [0.5, 0.6) is 0 Å². The predicted octanol–water partition coefficient (Wildman–Crippen LogP) is 3.23. The minimum Gasteiger partial charge on any atom is -0.316 e. The third-order valence-corrected chi connectivity index (χ3v) is 2.75. The molecular formula is C13H29N2. The second kappa shape index (κ2) is 12.0. The van der Waals surface area contributed by atoms with Gasteiger partial charge in [0.2, 0.25) is 0 Å². The Morgan fingerprint density at radius 2 is 1.53 bits per heavy atom. The summed E-state index contributed by atoms with van der Waals surface area (Å²) in [6.45, 7) is 7.06. The Kier molecular flexibility index (Phi) is 11.9. The van der Waals surface area contributed by atoms with Crippen LogP contribution < -0.4 is 11.1 Å². The molecule has 0 aliphatic rings. The summed E-state index contributed by atoms with van der Waals surface area (Å²) < 4.78 is 0. The Morgan fingerprint density at radius 3 is 2.07 bits per heavy atom. The van der Waals surface area contributed by atoms with Gasteiger partial charge in [-0.2, -0.15) is 0 Å². The maximum Gasteiger partial charge on any atom is 0.0546 e. The second-order valence-corrected chi connectivity index (χ2v) is 4.32. The average Bonchev–Trinajstić information content (AvgIpc) is 2.26. The fourth-order valence-electron chi connectivity index (χ4n) is 1.65. The first-order valence-corrected chi connectivity index (χ1v) is 6.59. The number of hydrogen-bond acceptors (Lipinski definition) is 2. The van der Waals surface area contributed by atoms with Gasteiger partial charge in [-0.25, -0.2) is 0 Å². The SMILES string of the molecule is [CH2]CC(N)NCCCCCCCCCC. The van der Waals surface area contributed by atoms with E-state index in [0.717, 1.165) is 13.0 Å². The first kappa shape index (κ1) is 14.9. The zero-order chi connectivity index (χ0) is 11.4. The zero-order valence-electron chi connectivity index (χ0n) is 10.4. The number of unbranched alkanes of at least 4 members (excludes halogenated alkanes) is 7. The summed E-state index contributed by atoms with van der Waals surface area (Å²) in [5.41, 5.74) is 5.70. The van der Waals surface area contributed by atoms with E-state index in [1.165, 1.54) is 51.4 Å². The molecule has 15 heavy (non-hydrogen) atoms. The molecule has 0 aromatic carbocycles. The Labute approximate surface area is 96.0 Å². The number of nitrogens with two attached hydrogens (primary N) is 1. The van der Waals surface area contributed by atoms with E-state index in [0.29, 0.717) is 0 Å². The summed E-state index contributed by atoms with van der Waals surface area (Å²) in [7, 11) is 0. The Morgan fingerprint density at radius 1 is 1.00 bits per heavy atom. The zero-order valence-corrected chi connectivity index (χ0v) is 10.4. The van der Waals surface area contributed by atoms with Gasteiger partial charge in [-0.3, -0.25) is 0 Å². The average molecular weight is 213 g/mol. The third kappa shape index (κ3) is 11.8. The van der Waals surface area contributed by atoms with Gasteiger partial charge in [-0.1, -0.05) is 58.8 Å². The quantitative estimate of drug-likeness (QED) is 0.408. The van der Waals surface area contributed by atoms with Crippen molar-refractivity contribution in [1.82, 2.24) is 5.32 Å². The number of rotatable bonds is 11. The molecule has 2 heteroatoms. The Balaban J connectivity index is 2.92. The molecule has 0 aliphatic heterocycles. The van der Waals surface area contributed by atoms with E-state index in [2.05, 4.69) is 19.2 Å². The molecule has 1 unspecified atom stereocenters. The summed E-state index contributed by atoms with van der Waals surface area (Å²) in [6.07, 6.45) is 11.8. The molecule has 0 bridgehead atoms. The van der Waals surface area contributed by atoms with Gasteiger partial charge in [0.15, 0.2) is 0 Å².